The number of imide groups is 1. The van der Waals surface area contributed by atoms with Gasteiger partial charge in [-0.1, -0.05) is 32.1 Å². The molecule has 1 fully saturated rings. The third-order valence-corrected chi connectivity index (χ3v) is 5.78. The molecule has 11 heteroatoms. The summed E-state index contributed by atoms with van der Waals surface area (Å²) in [6, 6.07) is 2.14. The van der Waals surface area contributed by atoms with Gasteiger partial charge in [-0.3, -0.25) is 9.59 Å². The van der Waals surface area contributed by atoms with E-state index in [-0.39, 0.29) is 5.13 Å². The van der Waals surface area contributed by atoms with Crippen molar-refractivity contribution in [2.75, 3.05) is 11.4 Å². The molecule has 164 valence electrons. The smallest absolute Gasteiger partial charge is 0.406 e. The number of nitrogens with zero attached hydrogens (tertiary/aromatic N) is 2. The maximum atomic E-state index is 13.2. The average Bonchev–Trinajstić information content (AvgIpc) is 3.28. The van der Waals surface area contributed by atoms with E-state index in [9.17, 15) is 22.8 Å². The Labute approximate surface area is 175 Å². The van der Waals surface area contributed by atoms with E-state index in [1.165, 1.54) is 12.1 Å². The molecular weight excluding hydrogens is 421 g/mol. The Morgan fingerprint density at radius 3 is 2.60 bits per heavy atom. The molecule has 2 heterocycles. The number of anilines is 1. The van der Waals surface area contributed by atoms with Gasteiger partial charge in [0.2, 0.25) is 0 Å². The number of hydrogen-bond acceptors (Lipinski definition) is 7. The summed E-state index contributed by atoms with van der Waals surface area (Å²) in [5.41, 5.74) is 5.86. The molecule has 2 aromatic rings. The lowest BCUT2D eigenvalue weighted by Gasteiger charge is -2.30. The molecule has 2 amide bonds. The van der Waals surface area contributed by atoms with E-state index in [1.807, 2.05) is 0 Å². The van der Waals surface area contributed by atoms with Crippen LogP contribution in [0.5, 0.6) is 5.75 Å². The second kappa shape index (κ2) is 8.12. The van der Waals surface area contributed by atoms with Crippen molar-refractivity contribution < 1.29 is 27.5 Å². The van der Waals surface area contributed by atoms with E-state index in [0.717, 1.165) is 28.7 Å². The lowest BCUT2D eigenvalue weighted by Crippen LogP contribution is -2.55. The first kappa shape index (κ1) is 22.4. The minimum atomic E-state index is -4.83. The molecule has 0 saturated carbocycles. The number of nitrogens with one attached hydrogen (secondary N) is 1. The number of fused-ring (bicyclic) bond motifs is 1. The van der Waals surface area contributed by atoms with Crippen LogP contribution in [0, 0.1) is 5.41 Å². The zero-order chi connectivity index (χ0) is 22.3. The highest BCUT2D eigenvalue weighted by Gasteiger charge is 2.39. The van der Waals surface area contributed by atoms with Gasteiger partial charge in [-0.2, -0.15) is 0 Å². The Kier molecular flexibility index (Phi) is 6.08. The Morgan fingerprint density at radius 1 is 1.33 bits per heavy atom. The number of aromatic nitrogens is 1. The Hall–Kier alpha value is -2.24. The van der Waals surface area contributed by atoms with Crippen LogP contribution in [0.2, 0.25) is 0 Å². The number of thiazole rings is 1. The van der Waals surface area contributed by atoms with Gasteiger partial charge in [-0.05, 0) is 36.9 Å². The first-order valence-electron chi connectivity index (χ1n) is 9.40. The molecule has 0 unspecified atom stereocenters. The summed E-state index contributed by atoms with van der Waals surface area (Å²) in [6.45, 7) is 6.00. The van der Waals surface area contributed by atoms with Crippen molar-refractivity contribution in [3.8, 4) is 5.75 Å². The van der Waals surface area contributed by atoms with Crippen LogP contribution in [0.15, 0.2) is 18.2 Å². The predicted molar refractivity (Wildman–Crippen MR) is 107 cm³/mol. The standard InChI is InChI=1S/C19H23F3N4O3S/c1-18(2,3)14(23)16(28)26(15(27)12-5-4-8-24-12)17-25-11-7-6-10(9-13(11)30-17)29-19(20,21)22/h6-7,9,12,14,24H,4-5,8,23H2,1-3H3/t12-,14-/m1/s1. The SMILES string of the molecule is CC(C)(C)[C@H](N)C(=O)N(C(=O)[C@H]1CCCN1)c1nc2ccc(OC(F)(F)F)cc2s1. The largest absolute Gasteiger partial charge is 0.573 e. The highest BCUT2D eigenvalue weighted by Crippen LogP contribution is 2.35. The molecule has 0 spiro atoms. The third kappa shape index (κ3) is 4.90. The number of ether oxygens (including phenoxy) is 1. The molecule has 1 aliphatic heterocycles. The van der Waals surface area contributed by atoms with E-state index in [0.29, 0.717) is 23.2 Å². The molecule has 2 atom stereocenters. The molecule has 0 aliphatic carbocycles. The summed E-state index contributed by atoms with van der Waals surface area (Å²) in [6.07, 6.45) is -3.46. The number of hydrogen-bond donors (Lipinski definition) is 2. The number of carbonyl (C=O) groups is 2. The van der Waals surface area contributed by atoms with Crippen LogP contribution in [0.25, 0.3) is 10.2 Å². The Bertz CT molecular complexity index is 949. The van der Waals surface area contributed by atoms with Crippen LogP contribution >= 0.6 is 11.3 Å². The normalized spacial score (nSPS) is 18.4. The fourth-order valence-corrected chi connectivity index (χ4v) is 4.05. The molecule has 0 radical (unpaired) electrons. The van der Waals surface area contributed by atoms with Gasteiger partial charge in [-0.25, -0.2) is 9.88 Å². The van der Waals surface area contributed by atoms with Crippen LogP contribution in [0.4, 0.5) is 18.3 Å². The number of rotatable bonds is 4. The monoisotopic (exact) mass is 444 g/mol. The average molecular weight is 444 g/mol. The second-order valence-electron chi connectivity index (χ2n) is 8.18. The van der Waals surface area contributed by atoms with Crippen molar-refractivity contribution >= 4 is 38.5 Å². The molecule has 1 saturated heterocycles. The summed E-state index contributed by atoms with van der Waals surface area (Å²) >= 11 is 0.931. The molecule has 3 N–H and O–H groups in total. The number of alkyl halides is 3. The quantitative estimate of drug-likeness (QED) is 0.752. The van der Waals surface area contributed by atoms with Crippen LogP contribution in [0.1, 0.15) is 33.6 Å². The lowest BCUT2D eigenvalue weighted by atomic mass is 9.86. The number of amides is 2. The number of carbonyl (C=O) groups excluding carboxylic acids is 2. The summed E-state index contributed by atoms with van der Waals surface area (Å²) < 4.78 is 41.8. The van der Waals surface area contributed by atoms with Gasteiger partial charge in [0.05, 0.1) is 22.3 Å². The maximum Gasteiger partial charge on any atom is 0.573 e. The maximum absolute atomic E-state index is 13.2. The van der Waals surface area contributed by atoms with E-state index >= 15 is 0 Å². The third-order valence-electron chi connectivity index (χ3n) is 4.77. The summed E-state index contributed by atoms with van der Waals surface area (Å²) in [7, 11) is 0. The van der Waals surface area contributed by atoms with Gasteiger partial charge in [0.25, 0.3) is 11.8 Å². The molecule has 0 bridgehead atoms. The van der Waals surface area contributed by atoms with Gasteiger partial charge in [0.1, 0.15) is 5.75 Å². The number of nitrogens with two attached hydrogens (primary N) is 1. The molecule has 1 aromatic carbocycles. The zero-order valence-corrected chi connectivity index (χ0v) is 17.6. The Morgan fingerprint density at radius 2 is 2.03 bits per heavy atom. The first-order chi connectivity index (χ1) is 13.9. The van der Waals surface area contributed by atoms with E-state index in [1.54, 1.807) is 20.8 Å². The minimum Gasteiger partial charge on any atom is -0.406 e. The highest BCUT2D eigenvalue weighted by atomic mass is 32.1. The predicted octanol–water partition coefficient (Wildman–Crippen LogP) is 3.18. The van der Waals surface area contributed by atoms with Crippen LogP contribution in [0.3, 0.4) is 0 Å². The molecule has 1 aliphatic rings. The lowest BCUT2D eigenvalue weighted by molar-refractivity contribution is -0.274. The minimum absolute atomic E-state index is 0.0672. The molecular formula is C19H23F3N4O3S. The van der Waals surface area contributed by atoms with Crippen molar-refractivity contribution in [3.63, 3.8) is 0 Å². The van der Waals surface area contributed by atoms with Gasteiger partial charge in [-0.15, -0.1) is 13.2 Å². The van der Waals surface area contributed by atoms with E-state index < -0.39 is 41.4 Å². The zero-order valence-electron chi connectivity index (χ0n) is 16.7. The van der Waals surface area contributed by atoms with Gasteiger partial charge >= 0.3 is 6.36 Å². The second-order valence-corrected chi connectivity index (χ2v) is 9.19. The van der Waals surface area contributed by atoms with Gasteiger partial charge < -0.3 is 15.8 Å². The molecule has 3 rings (SSSR count). The Balaban J connectivity index is 2.00. The van der Waals surface area contributed by atoms with Crippen molar-refractivity contribution in [2.24, 2.45) is 11.1 Å². The number of benzene rings is 1. The van der Waals surface area contributed by atoms with Crippen molar-refractivity contribution in [3.05, 3.63) is 18.2 Å². The topological polar surface area (TPSA) is 97.6 Å². The molecule has 1 aromatic heterocycles. The van der Waals surface area contributed by atoms with Crippen molar-refractivity contribution in [2.45, 2.75) is 52.1 Å². The fraction of sp³-hybridized carbons (Fsp3) is 0.526. The first-order valence-corrected chi connectivity index (χ1v) is 10.2. The summed E-state index contributed by atoms with van der Waals surface area (Å²) in [5.74, 6) is -1.48. The van der Waals surface area contributed by atoms with Crippen molar-refractivity contribution in [1.82, 2.24) is 10.3 Å². The number of halogens is 3. The summed E-state index contributed by atoms with van der Waals surface area (Å²) in [4.78, 5) is 31.6. The molecule has 7 nitrogen and oxygen atoms in total. The van der Waals surface area contributed by atoms with Crippen LogP contribution in [-0.4, -0.2) is 41.8 Å². The van der Waals surface area contributed by atoms with Gasteiger partial charge in [0, 0.05) is 6.07 Å². The summed E-state index contributed by atoms with van der Waals surface area (Å²) in [5, 5.41) is 3.12. The van der Waals surface area contributed by atoms with Gasteiger partial charge in [0.15, 0.2) is 5.13 Å². The molecule has 30 heavy (non-hydrogen) atoms. The highest BCUT2D eigenvalue weighted by molar-refractivity contribution is 7.22. The van der Waals surface area contributed by atoms with Crippen molar-refractivity contribution in [1.29, 1.82) is 0 Å². The fourth-order valence-electron chi connectivity index (χ4n) is 3.04. The van der Waals surface area contributed by atoms with Crippen LogP contribution in [-0.2, 0) is 9.59 Å². The van der Waals surface area contributed by atoms with E-state index in [2.05, 4.69) is 15.0 Å². The van der Waals surface area contributed by atoms with Crippen LogP contribution < -0.4 is 20.7 Å². The van der Waals surface area contributed by atoms with E-state index in [4.69, 9.17) is 5.73 Å².